The monoisotopic (exact) mass is 321 g/mol. The molecule has 6 nitrogen and oxygen atoms in total. The van der Waals surface area contributed by atoms with Gasteiger partial charge in [0.2, 0.25) is 0 Å². The van der Waals surface area contributed by atoms with E-state index in [-0.39, 0.29) is 5.91 Å². The first-order valence-corrected chi connectivity index (χ1v) is 7.51. The summed E-state index contributed by atoms with van der Waals surface area (Å²) >= 11 is 0. The highest BCUT2D eigenvalue weighted by atomic mass is 16.5. The number of morpholine rings is 1. The van der Waals surface area contributed by atoms with Crippen LogP contribution in [0.3, 0.4) is 0 Å². The molecular weight excluding hydrogens is 298 g/mol. The van der Waals surface area contributed by atoms with Crippen molar-refractivity contribution in [3.8, 4) is 5.75 Å². The zero-order valence-electron chi connectivity index (χ0n) is 14.0. The first-order chi connectivity index (χ1) is 10.6. The van der Waals surface area contributed by atoms with Crippen molar-refractivity contribution in [1.82, 2.24) is 4.90 Å². The molecule has 0 bridgehead atoms. The molecule has 0 saturated carbocycles. The van der Waals surface area contributed by atoms with Gasteiger partial charge in [0.15, 0.2) is 6.61 Å². The third-order valence-electron chi connectivity index (χ3n) is 3.77. The molecule has 1 aliphatic rings. The van der Waals surface area contributed by atoms with Gasteiger partial charge in [-0.25, -0.2) is 4.79 Å². The van der Waals surface area contributed by atoms with E-state index in [1.807, 2.05) is 27.7 Å². The van der Waals surface area contributed by atoms with Crippen molar-refractivity contribution in [3.05, 3.63) is 29.8 Å². The number of hydrogen-bond acceptors (Lipinski definition) is 4. The molecule has 1 saturated heterocycles. The van der Waals surface area contributed by atoms with Crippen molar-refractivity contribution in [3.63, 3.8) is 0 Å². The molecule has 23 heavy (non-hydrogen) atoms. The van der Waals surface area contributed by atoms with Crippen molar-refractivity contribution in [2.45, 2.75) is 38.8 Å². The number of carboxylic acid groups (broad SMARTS) is 1. The second-order valence-electron chi connectivity index (χ2n) is 6.96. The zero-order chi connectivity index (χ0) is 17.3. The van der Waals surface area contributed by atoms with E-state index in [1.165, 1.54) is 0 Å². The van der Waals surface area contributed by atoms with E-state index in [2.05, 4.69) is 0 Å². The molecule has 1 heterocycles. The maximum Gasteiger partial charge on any atom is 0.341 e. The van der Waals surface area contributed by atoms with Gasteiger partial charge in [-0.15, -0.1) is 0 Å². The summed E-state index contributed by atoms with van der Waals surface area (Å²) in [5, 5.41) is 8.67. The van der Waals surface area contributed by atoms with E-state index in [0.717, 1.165) is 0 Å². The van der Waals surface area contributed by atoms with E-state index >= 15 is 0 Å². The van der Waals surface area contributed by atoms with Crippen molar-refractivity contribution in [2.75, 3.05) is 19.8 Å². The summed E-state index contributed by atoms with van der Waals surface area (Å²) in [6.07, 6.45) is 0. The van der Waals surface area contributed by atoms with Gasteiger partial charge in [0, 0.05) is 5.56 Å². The summed E-state index contributed by atoms with van der Waals surface area (Å²) in [7, 11) is 0. The second-order valence-corrected chi connectivity index (χ2v) is 6.96. The summed E-state index contributed by atoms with van der Waals surface area (Å²) in [5.74, 6) is -0.812. The fraction of sp³-hybridized carbons (Fsp3) is 0.529. The van der Waals surface area contributed by atoms with E-state index < -0.39 is 23.7 Å². The Labute approximate surface area is 136 Å². The van der Waals surface area contributed by atoms with Crippen LogP contribution in [0.1, 0.15) is 38.1 Å². The first kappa shape index (κ1) is 17.3. The molecule has 1 aliphatic heterocycles. The Bertz CT molecular complexity index is 609. The minimum Gasteiger partial charge on any atom is -0.482 e. The summed E-state index contributed by atoms with van der Waals surface area (Å²) in [4.78, 5) is 25.3. The van der Waals surface area contributed by atoms with E-state index in [9.17, 15) is 9.59 Å². The third-order valence-corrected chi connectivity index (χ3v) is 3.77. The molecule has 1 aromatic carbocycles. The highest BCUT2D eigenvalue weighted by Gasteiger charge is 2.41. The van der Waals surface area contributed by atoms with Crippen molar-refractivity contribution in [2.24, 2.45) is 0 Å². The topological polar surface area (TPSA) is 76.1 Å². The molecule has 1 aromatic rings. The largest absolute Gasteiger partial charge is 0.482 e. The van der Waals surface area contributed by atoms with Crippen LogP contribution in [0.25, 0.3) is 0 Å². The van der Waals surface area contributed by atoms with E-state index in [0.29, 0.717) is 24.5 Å². The number of carbonyl (C=O) groups is 2. The van der Waals surface area contributed by atoms with Gasteiger partial charge in [-0.2, -0.15) is 0 Å². The van der Waals surface area contributed by atoms with Crippen molar-refractivity contribution in [1.29, 1.82) is 0 Å². The van der Waals surface area contributed by atoms with Gasteiger partial charge in [-0.05, 0) is 45.9 Å². The van der Waals surface area contributed by atoms with E-state index in [4.69, 9.17) is 14.6 Å². The van der Waals surface area contributed by atoms with Crippen LogP contribution < -0.4 is 4.74 Å². The maximum absolute atomic E-state index is 12.9. The lowest BCUT2D eigenvalue weighted by Gasteiger charge is -2.48. The normalized spacial score (nSPS) is 19.2. The molecule has 0 unspecified atom stereocenters. The fourth-order valence-corrected chi connectivity index (χ4v) is 2.46. The zero-order valence-corrected chi connectivity index (χ0v) is 14.0. The molecule has 126 valence electrons. The Hall–Kier alpha value is -2.08. The first-order valence-electron chi connectivity index (χ1n) is 7.51. The average molecular weight is 321 g/mol. The summed E-state index contributed by atoms with van der Waals surface area (Å²) in [6, 6.07) is 6.59. The molecule has 0 radical (unpaired) electrons. The Balaban J connectivity index is 2.21. The van der Waals surface area contributed by atoms with Crippen LogP contribution in [-0.2, 0) is 9.53 Å². The summed E-state index contributed by atoms with van der Waals surface area (Å²) in [5.41, 5.74) is -0.341. The van der Waals surface area contributed by atoms with Gasteiger partial charge < -0.3 is 19.5 Å². The molecule has 0 spiro atoms. The fourth-order valence-electron chi connectivity index (χ4n) is 2.46. The summed E-state index contributed by atoms with van der Waals surface area (Å²) in [6.45, 7) is 8.34. The lowest BCUT2D eigenvalue weighted by atomic mass is 9.95. The SMILES string of the molecule is CC1(C)CN(C(=O)c2cccc(OCC(=O)O)c2)C(C)(C)CO1. The standard InChI is InChI=1S/C17H23NO5/c1-16(2)11-23-17(3,4)10-18(16)15(21)12-6-5-7-13(8-12)22-9-14(19)20/h5-8H,9-11H2,1-4H3,(H,19,20). The number of carbonyl (C=O) groups excluding carboxylic acids is 1. The molecular formula is C17H23NO5. The molecule has 0 aliphatic carbocycles. The van der Waals surface area contributed by atoms with Gasteiger partial charge in [0.1, 0.15) is 5.75 Å². The molecule has 2 rings (SSSR count). The van der Waals surface area contributed by atoms with Crippen LogP contribution in [0.2, 0.25) is 0 Å². The lowest BCUT2D eigenvalue weighted by molar-refractivity contribution is -0.139. The van der Waals surface area contributed by atoms with Crippen LogP contribution >= 0.6 is 0 Å². The third kappa shape index (κ3) is 4.22. The quantitative estimate of drug-likeness (QED) is 0.920. The van der Waals surface area contributed by atoms with Gasteiger partial charge in [-0.1, -0.05) is 6.07 Å². The Morgan fingerprint density at radius 2 is 2.00 bits per heavy atom. The minimum atomic E-state index is -1.06. The second kappa shape index (κ2) is 6.20. The van der Waals surface area contributed by atoms with Crippen LogP contribution in [0.15, 0.2) is 24.3 Å². The van der Waals surface area contributed by atoms with Gasteiger partial charge >= 0.3 is 5.97 Å². The van der Waals surface area contributed by atoms with Crippen LogP contribution in [-0.4, -0.2) is 52.8 Å². The lowest BCUT2D eigenvalue weighted by Crippen LogP contribution is -2.61. The predicted molar refractivity (Wildman–Crippen MR) is 84.7 cm³/mol. The molecule has 1 amide bonds. The number of carboxylic acids is 1. The highest BCUT2D eigenvalue weighted by molar-refractivity contribution is 5.95. The number of ether oxygens (including phenoxy) is 2. The number of amides is 1. The Morgan fingerprint density at radius 1 is 1.30 bits per heavy atom. The van der Waals surface area contributed by atoms with Crippen LogP contribution in [0.5, 0.6) is 5.75 Å². The Morgan fingerprint density at radius 3 is 2.65 bits per heavy atom. The van der Waals surface area contributed by atoms with Crippen LogP contribution in [0.4, 0.5) is 0 Å². The van der Waals surface area contributed by atoms with Crippen LogP contribution in [0, 0.1) is 0 Å². The van der Waals surface area contributed by atoms with Gasteiger partial charge in [0.25, 0.3) is 5.91 Å². The van der Waals surface area contributed by atoms with Gasteiger partial charge in [0.05, 0.1) is 24.3 Å². The molecule has 0 atom stereocenters. The van der Waals surface area contributed by atoms with E-state index in [1.54, 1.807) is 29.2 Å². The Kier molecular flexibility index (Phi) is 4.66. The summed E-state index contributed by atoms with van der Waals surface area (Å²) < 4.78 is 10.9. The number of rotatable bonds is 4. The number of benzene rings is 1. The minimum absolute atomic E-state index is 0.118. The average Bonchev–Trinajstić information content (AvgIpc) is 2.47. The number of hydrogen-bond donors (Lipinski definition) is 1. The number of nitrogens with zero attached hydrogens (tertiary/aromatic N) is 1. The van der Waals surface area contributed by atoms with Gasteiger partial charge in [-0.3, -0.25) is 4.79 Å². The van der Waals surface area contributed by atoms with Crippen molar-refractivity contribution < 1.29 is 24.2 Å². The van der Waals surface area contributed by atoms with Crippen molar-refractivity contribution >= 4 is 11.9 Å². The molecule has 1 fully saturated rings. The smallest absolute Gasteiger partial charge is 0.341 e. The molecule has 1 N–H and O–H groups in total. The molecule has 0 aromatic heterocycles. The molecule has 6 heteroatoms. The maximum atomic E-state index is 12.9. The predicted octanol–water partition coefficient (Wildman–Crippen LogP) is 2.18. The number of aliphatic carboxylic acids is 1. The highest BCUT2D eigenvalue weighted by Crippen LogP contribution is 2.29.